The fourth-order valence-corrected chi connectivity index (χ4v) is 5.16. The molecule has 0 N–H and O–H groups in total. The van der Waals surface area contributed by atoms with Crippen molar-refractivity contribution in [2.24, 2.45) is 13.0 Å². The maximum atomic E-state index is 12.2. The third-order valence-corrected chi connectivity index (χ3v) is 6.86. The lowest BCUT2D eigenvalue weighted by molar-refractivity contribution is -0.130. The molecule has 2 aromatic rings. The van der Waals surface area contributed by atoms with E-state index < -0.39 is 0 Å². The zero-order chi connectivity index (χ0) is 17.4. The van der Waals surface area contributed by atoms with Crippen LogP contribution in [0.1, 0.15) is 44.2 Å². The van der Waals surface area contributed by atoms with Crippen LogP contribution in [-0.2, 0) is 11.8 Å². The first-order valence-corrected chi connectivity index (χ1v) is 10.3. The van der Waals surface area contributed by atoms with Crippen LogP contribution in [0.25, 0.3) is 10.3 Å². The Kier molecular flexibility index (Phi) is 4.67. The van der Waals surface area contributed by atoms with Crippen molar-refractivity contribution in [1.29, 1.82) is 0 Å². The minimum absolute atomic E-state index is 0.370. The summed E-state index contributed by atoms with van der Waals surface area (Å²) < 4.78 is 3.08. The van der Waals surface area contributed by atoms with Gasteiger partial charge in [-0.15, -0.1) is 0 Å². The molecule has 0 aromatic carbocycles. The van der Waals surface area contributed by atoms with Gasteiger partial charge >= 0.3 is 0 Å². The molecule has 2 fully saturated rings. The smallest absolute Gasteiger partial charge is 0.222 e. The number of thiazole rings is 1. The van der Waals surface area contributed by atoms with E-state index in [-0.39, 0.29) is 0 Å². The predicted molar refractivity (Wildman–Crippen MR) is 101 cm³/mol. The summed E-state index contributed by atoms with van der Waals surface area (Å²) in [6.45, 7) is 6.10. The van der Waals surface area contributed by atoms with E-state index in [1.807, 2.05) is 23.6 Å². The lowest BCUT2D eigenvalue weighted by Gasteiger charge is -2.31. The molecule has 2 aromatic heterocycles. The second kappa shape index (κ2) is 6.94. The monoisotopic (exact) mass is 361 g/mol. The number of aromatic nitrogens is 3. The van der Waals surface area contributed by atoms with Crippen molar-refractivity contribution in [3.8, 4) is 0 Å². The Bertz CT molecular complexity index is 718. The van der Waals surface area contributed by atoms with Crippen molar-refractivity contribution >= 4 is 32.7 Å². The van der Waals surface area contributed by atoms with Gasteiger partial charge < -0.3 is 9.80 Å². The first kappa shape index (κ1) is 16.8. The van der Waals surface area contributed by atoms with Gasteiger partial charge in [0.1, 0.15) is 0 Å². The number of carbonyl (C=O) groups excluding carboxylic acids is 1. The molecule has 6 nitrogen and oxygen atoms in total. The van der Waals surface area contributed by atoms with Crippen LogP contribution in [0.3, 0.4) is 0 Å². The molecule has 4 heterocycles. The number of carbonyl (C=O) groups is 1. The number of fused-ring (bicyclic) bond motifs is 1. The topological polar surface area (TPSA) is 54.3 Å². The largest absolute Gasteiger partial charge is 0.348 e. The molecule has 0 atom stereocenters. The number of amides is 1. The Hall–Kier alpha value is -1.63. The van der Waals surface area contributed by atoms with Crippen molar-refractivity contribution < 1.29 is 4.79 Å². The summed E-state index contributed by atoms with van der Waals surface area (Å²) in [5.74, 6) is 1.05. The van der Waals surface area contributed by atoms with Gasteiger partial charge in [0.2, 0.25) is 5.91 Å². The molecule has 0 radical (unpaired) electrons. The van der Waals surface area contributed by atoms with Crippen LogP contribution in [0.15, 0.2) is 0 Å². The van der Waals surface area contributed by atoms with Crippen molar-refractivity contribution in [3.63, 3.8) is 0 Å². The van der Waals surface area contributed by atoms with Gasteiger partial charge in [-0.1, -0.05) is 11.3 Å². The number of piperidine rings is 1. The number of nitrogens with zero attached hydrogens (tertiary/aromatic N) is 5. The average molecular weight is 362 g/mol. The molecule has 0 saturated carbocycles. The lowest BCUT2D eigenvalue weighted by atomic mass is 9.92. The molecule has 25 heavy (non-hydrogen) atoms. The summed E-state index contributed by atoms with van der Waals surface area (Å²) in [4.78, 5) is 21.5. The van der Waals surface area contributed by atoms with Gasteiger partial charge in [0.25, 0.3) is 0 Å². The van der Waals surface area contributed by atoms with E-state index in [2.05, 4.69) is 10.00 Å². The summed E-state index contributed by atoms with van der Waals surface area (Å²) in [5.41, 5.74) is 2.06. The molecule has 2 saturated heterocycles. The van der Waals surface area contributed by atoms with Crippen LogP contribution in [0, 0.1) is 12.8 Å². The molecule has 2 aliphatic rings. The summed E-state index contributed by atoms with van der Waals surface area (Å²) >= 11 is 1.76. The lowest BCUT2D eigenvalue weighted by Crippen LogP contribution is -2.34. The number of anilines is 1. The molecule has 2 aliphatic heterocycles. The zero-order valence-corrected chi connectivity index (χ0v) is 16.0. The highest BCUT2D eigenvalue weighted by molar-refractivity contribution is 7.22. The number of hydrogen-bond donors (Lipinski definition) is 0. The molecule has 0 aliphatic carbocycles. The maximum absolute atomic E-state index is 12.2. The Morgan fingerprint density at radius 2 is 1.92 bits per heavy atom. The van der Waals surface area contributed by atoms with Crippen molar-refractivity contribution in [2.75, 3.05) is 31.1 Å². The van der Waals surface area contributed by atoms with E-state index >= 15 is 0 Å². The number of likely N-dealkylation sites (tertiary alicyclic amines) is 1. The fraction of sp³-hybridized carbons (Fsp3) is 0.722. The summed E-state index contributed by atoms with van der Waals surface area (Å²) in [6.07, 6.45) is 6.48. The van der Waals surface area contributed by atoms with Crippen LogP contribution >= 0.6 is 11.3 Å². The van der Waals surface area contributed by atoms with Crippen molar-refractivity contribution in [2.45, 2.75) is 45.4 Å². The Morgan fingerprint density at radius 3 is 2.60 bits per heavy atom. The zero-order valence-electron chi connectivity index (χ0n) is 15.2. The highest BCUT2D eigenvalue weighted by atomic mass is 32.1. The van der Waals surface area contributed by atoms with Crippen LogP contribution in [-0.4, -0.2) is 51.8 Å². The van der Waals surface area contributed by atoms with E-state index in [4.69, 9.17) is 4.98 Å². The van der Waals surface area contributed by atoms with E-state index in [0.29, 0.717) is 11.8 Å². The first-order valence-electron chi connectivity index (χ1n) is 9.44. The van der Waals surface area contributed by atoms with Crippen LogP contribution in [0.4, 0.5) is 5.13 Å². The minimum atomic E-state index is 0.370. The molecule has 4 rings (SSSR count). The van der Waals surface area contributed by atoms with E-state index in [0.717, 1.165) is 55.5 Å². The van der Waals surface area contributed by atoms with Crippen LogP contribution in [0.2, 0.25) is 0 Å². The normalized spacial score (nSPS) is 19.3. The molecule has 0 spiro atoms. The molecule has 136 valence electrons. The molecule has 7 heteroatoms. The van der Waals surface area contributed by atoms with Gasteiger partial charge in [-0.3, -0.25) is 4.79 Å². The predicted octanol–water partition coefficient (Wildman–Crippen LogP) is 2.96. The van der Waals surface area contributed by atoms with Crippen LogP contribution in [0.5, 0.6) is 0 Å². The molecule has 1 amide bonds. The van der Waals surface area contributed by atoms with Crippen LogP contribution < -0.4 is 4.90 Å². The second-order valence-electron chi connectivity index (χ2n) is 7.42. The Morgan fingerprint density at radius 1 is 1.20 bits per heavy atom. The van der Waals surface area contributed by atoms with Crippen molar-refractivity contribution in [3.05, 3.63) is 5.69 Å². The molecule has 0 unspecified atom stereocenters. The van der Waals surface area contributed by atoms with Gasteiger partial charge in [0.15, 0.2) is 10.8 Å². The Labute approximate surface area is 152 Å². The van der Waals surface area contributed by atoms with Gasteiger partial charge in [-0.05, 0) is 44.9 Å². The van der Waals surface area contributed by atoms with E-state index in [1.54, 1.807) is 11.3 Å². The van der Waals surface area contributed by atoms with E-state index in [9.17, 15) is 4.79 Å². The average Bonchev–Trinajstić information content (AvgIpc) is 3.33. The Balaban J connectivity index is 1.30. The highest BCUT2D eigenvalue weighted by Crippen LogP contribution is 2.33. The highest BCUT2D eigenvalue weighted by Gasteiger charge is 2.24. The summed E-state index contributed by atoms with van der Waals surface area (Å²) in [6, 6.07) is 0. The maximum Gasteiger partial charge on any atom is 0.222 e. The minimum Gasteiger partial charge on any atom is -0.348 e. The number of hydrogen-bond acceptors (Lipinski definition) is 5. The van der Waals surface area contributed by atoms with Crippen molar-refractivity contribution in [1.82, 2.24) is 19.7 Å². The number of rotatable bonds is 4. The van der Waals surface area contributed by atoms with Gasteiger partial charge in [0.05, 0.1) is 10.4 Å². The summed E-state index contributed by atoms with van der Waals surface area (Å²) in [5, 5.41) is 5.55. The SMILES string of the molecule is Cc1nn(C)c2nc(N3CCC(CCC(=O)N4CCCC4)CC3)sc12. The quantitative estimate of drug-likeness (QED) is 0.840. The van der Waals surface area contributed by atoms with Gasteiger partial charge in [0, 0.05) is 39.6 Å². The van der Waals surface area contributed by atoms with Gasteiger partial charge in [-0.2, -0.15) is 5.10 Å². The number of aryl methyl sites for hydroxylation is 2. The van der Waals surface area contributed by atoms with Gasteiger partial charge in [-0.25, -0.2) is 9.67 Å². The third-order valence-electron chi connectivity index (χ3n) is 5.64. The fourth-order valence-electron chi connectivity index (χ4n) is 4.07. The second-order valence-corrected chi connectivity index (χ2v) is 8.39. The first-order chi connectivity index (χ1) is 12.1. The molecular weight excluding hydrogens is 334 g/mol. The summed E-state index contributed by atoms with van der Waals surface area (Å²) in [7, 11) is 1.96. The standard InChI is InChI=1S/C18H27N5OS/c1-13-16-17(21(2)20-13)19-18(25-16)23-11-7-14(8-12-23)5-6-15(24)22-9-3-4-10-22/h14H,3-12H2,1-2H3. The molecular formula is C18H27N5OS. The van der Waals surface area contributed by atoms with E-state index in [1.165, 1.54) is 30.4 Å². The third kappa shape index (κ3) is 3.38. The molecule has 0 bridgehead atoms.